The predicted molar refractivity (Wildman–Crippen MR) is 160 cm³/mol. The summed E-state index contributed by atoms with van der Waals surface area (Å²) in [6, 6.07) is 6.60. The van der Waals surface area contributed by atoms with E-state index in [0.29, 0.717) is 49.5 Å². The van der Waals surface area contributed by atoms with E-state index in [1.807, 2.05) is 26.0 Å². The second kappa shape index (κ2) is 12.9. The van der Waals surface area contributed by atoms with Gasteiger partial charge in [0, 0.05) is 36.1 Å². The van der Waals surface area contributed by atoms with E-state index in [2.05, 4.69) is 38.1 Å². The summed E-state index contributed by atoms with van der Waals surface area (Å²) in [7, 11) is 1.67. The monoisotopic (exact) mass is 578 g/mol. The number of aryl methyl sites for hydroxylation is 1. The van der Waals surface area contributed by atoms with Crippen LogP contribution in [0.2, 0.25) is 0 Å². The van der Waals surface area contributed by atoms with Crippen molar-refractivity contribution in [3.05, 3.63) is 46.7 Å². The number of likely N-dealkylation sites (tertiary alicyclic amines) is 1. The first-order chi connectivity index (χ1) is 19.9. The maximum absolute atomic E-state index is 13.1. The van der Waals surface area contributed by atoms with Crippen LogP contribution >= 0.6 is 11.3 Å². The molecule has 218 valence electrons. The molecule has 2 aromatic heterocycles. The lowest BCUT2D eigenvalue weighted by Gasteiger charge is -2.31. The molecule has 1 N–H and O–H groups in total. The number of piperidine rings is 1. The molecule has 0 bridgehead atoms. The Morgan fingerprint density at radius 3 is 2.59 bits per heavy atom. The lowest BCUT2D eigenvalue weighted by molar-refractivity contribution is -0.148. The Kier molecular flexibility index (Phi) is 9.14. The molecular weight excluding hydrogens is 540 g/mol. The Morgan fingerprint density at radius 1 is 1.12 bits per heavy atom. The molecule has 3 aromatic rings. The number of anilines is 2. The molecular formula is C30H38N6O4S. The van der Waals surface area contributed by atoms with Gasteiger partial charge in [-0.2, -0.15) is 0 Å². The average Bonchev–Trinajstić information content (AvgIpc) is 3.58. The number of rotatable bonds is 9. The van der Waals surface area contributed by atoms with Crippen molar-refractivity contribution in [1.82, 2.24) is 19.9 Å². The standard InChI is InChI=1S/C30H38N6O4S/c1-5-40-29(38)21-10-13-35(14-11-21)26-17-31-23(16-32-26)28(37)34-30-33-27(22-9-8-19(2)24(15-22)39-4)25(41-30)18-36-12-6-7-20(36)3/h8-9,15-17,20-21H,5-7,10-14,18H2,1-4H3,(H,33,34,37)/t20-/m1/s1. The van der Waals surface area contributed by atoms with E-state index in [1.54, 1.807) is 13.3 Å². The van der Waals surface area contributed by atoms with Gasteiger partial charge in [-0.1, -0.05) is 23.5 Å². The van der Waals surface area contributed by atoms with Gasteiger partial charge < -0.3 is 14.4 Å². The molecule has 2 saturated heterocycles. The number of amides is 1. The van der Waals surface area contributed by atoms with Crippen molar-refractivity contribution in [3.8, 4) is 17.0 Å². The third-order valence-electron chi connectivity index (χ3n) is 7.95. The first-order valence-corrected chi connectivity index (χ1v) is 15.1. The minimum Gasteiger partial charge on any atom is -0.496 e. The molecule has 11 heteroatoms. The van der Waals surface area contributed by atoms with Gasteiger partial charge in [-0.3, -0.25) is 19.8 Å². The molecule has 4 heterocycles. The number of nitrogens with one attached hydrogen (secondary N) is 1. The molecule has 0 unspecified atom stereocenters. The summed E-state index contributed by atoms with van der Waals surface area (Å²) in [6.45, 7) is 9.71. The highest BCUT2D eigenvalue weighted by molar-refractivity contribution is 7.16. The molecule has 41 heavy (non-hydrogen) atoms. The fourth-order valence-electron chi connectivity index (χ4n) is 5.48. The van der Waals surface area contributed by atoms with Gasteiger partial charge in [0.1, 0.15) is 17.3 Å². The number of thiazole rings is 1. The van der Waals surface area contributed by atoms with Crippen LogP contribution in [0.3, 0.4) is 0 Å². The molecule has 2 aliphatic heterocycles. The molecule has 0 radical (unpaired) electrons. The van der Waals surface area contributed by atoms with Gasteiger partial charge in [0.15, 0.2) is 5.13 Å². The van der Waals surface area contributed by atoms with Crippen LogP contribution in [-0.2, 0) is 16.1 Å². The lowest BCUT2D eigenvalue weighted by atomic mass is 9.97. The van der Waals surface area contributed by atoms with E-state index in [4.69, 9.17) is 14.5 Å². The van der Waals surface area contributed by atoms with E-state index in [1.165, 1.54) is 30.4 Å². The fraction of sp³-hybridized carbons (Fsp3) is 0.500. The number of ether oxygens (including phenoxy) is 2. The minimum atomic E-state index is -0.354. The van der Waals surface area contributed by atoms with Crippen molar-refractivity contribution in [1.29, 1.82) is 0 Å². The van der Waals surface area contributed by atoms with Crippen molar-refractivity contribution in [2.75, 3.05) is 43.6 Å². The fourth-order valence-corrected chi connectivity index (χ4v) is 6.49. The van der Waals surface area contributed by atoms with Crippen LogP contribution in [0.5, 0.6) is 5.75 Å². The average molecular weight is 579 g/mol. The van der Waals surface area contributed by atoms with Crippen LogP contribution in [0.25, 0.3) is 11.3 Å². The first-order valence-electron chi connectivity index (χ1n) is 14.3. The van der Waals surface area contributed by atoms with Crippen LogP contribution in [0.15, 0.2) is 30.6 Å². The van der Waals surface area contributed by atoms with Crippen LogP contribution in [0.1, 0.15) is 60.5 Å². The summed E-state index contributed by atoms with van der Waals surface area (Å²) in [5.74, 6) is 0.938. The highest BCUT2D eigenvalue weighted by Gasteiger charge is 2.27. The zero-order valence-electron chi connectivity index (χ0n) is 24.2. The van der Waals surface area contributed by atoms with Gasteiger partial charge in [-0.15, -0.1) is 0 Å². The third kappa shape index (κ3) is 6.68. The number of aromatic nitrogens is 3. The van der Waals surface area contributed by atoms with Gasteiger partial charge >= 0.3 is 5.97 Å². The molecule has 1 atom stereocenters. The Balaban J connectivity index is 1.29. The SMILES string of the molecule is CCOC(=O)C1CCN(c2cnc(C(=O)Nc3nc(-c4ccc(C)c(OC)c4)c(CN4CCC[C@H]4C)s3)cn2)CC1. The number of esters is 1. The van der Waals surface area contributed by atoms with Gasteiger partial charge in [0.25, 0.3) is 5.91 Å². The largest absolute Gasteiger partial charge is 0.496 e. The van der Waals surface area contributed by atoms with E-state index in [-0.39, 0.29) is 23.5 Å². The number of carbonyl (C=O) groups excluding carboxylic acids is 2. The third-order valence-corrected chi connectivity index (χ3v) is 8.90. The van der Waals surface area contributed by atoms with Crippen LogP contribution in [-0.4, -0.2) is 71.1 Å². The zero-order valence-corrected chi connectivity index (χ0v) is 25.0. The maximum Gasteiger partial charge on any atom is 0.309 e. The minimum absolute atomic E-state index is 0.0769. The highest BCUT2D eigenvalue weighted by atomic mass is 32.1. The van der Waals surface area contributed by atoms with E-state index >= 15 is 0 Å². The smallest absolute Gasteiger partial charge is 0.309 e. The molecule has 0 aliphatic carbocycles. The molecule has 1 amide bonds. The second-order valence-electron chi connectivity index (χ2n) is 10.7. The van der Waals surface area contributed by atoms with Gasteiger partial charge in [0.2, 0.25) is 0 Å². The molecule has 1 aromatic carbocycles. The van der Waals surface area contributed by atoms with Crippen molar-refractivity contribution >= 4 is 34.2 Å². The quantitative estimate of drug-likeness (QED) is 0.353. The van der Waals surface area contributed by atoms with Crippen molar-refractivity contribution in [2.24, 2.45) is 5.92 Å². The number of benzene rings is 1. The second-order valence-corrected chi connectivity index (χ2v) is 11.7. The van der Waals surface area contributed by atoms with Crippen molar-refractivity contribution < 1.29 is 19.1 Å². The summed E-state index contributed by atoms with van der Waals surface area (Å²) in [4.78, 5) is 44.6. The lowest BCUT2D eigenvalue weighted by Crippen LogP contribution is -2.37. The normalized spacial score (nSPS) is 18.0. The van der Waals surface area contributed by atoms with E-state index in [9.17, 15) is 9.59 Å². The molecule has 0 spiro atoms. The van der Waals surface area contributed by atoms with E-state index in [0.717, 1.165) is 40.5 Å². The Hall–Kier alpha value is -3.57. The molecule has 0 saturated carbocycles. The first kappa shape index (κ1) is 28.9. The van der Waals surface area contributed by atoms with Crippen LogP contribution in [0.4, 0.5) is 10.9 Å². The van der Waals surface area contributed by atoms with Crippen molar-refractivity contribution in [3.63, 3.8) is 0 Å². The Morgan fingerprint density at radius 2 is 1.93 bits per heavy atom. The van der Waals surface area contributed by atoms with Crippen molar-refractivity contribution in [2.45, 2.75) is 59.0 Å². The van der Waals surface area contributed by atoms with Gasteiger partial charge in [0.05, 0.1) is 37.7 Å². The Bertz CT molecular complexity index is 1370. The maximum atomic E-state index is 13.1. The Labute approximate surface area is 245 Å². The summed E-state index contributed by atoms with van der Waals surface area (Å²) >= 11 is 1.50. The molecule has 2 aliphatic rings. The number of carbonyl (C=O) groups is 2. The van der Waals surface area contributed by atoms with E-state index < -0.39 is 0 Å². The summed E-state index contributed by atoms with van der Waals surface area (Å²) in [5.41, 5.74) is 3.09. The zero-order chi connectivity index (χ0) is 28.9. The highest BCUT2D eigenvalue weighted by Crippen LogP contribution is 2.36. The van der Waals surface area contributed by atoms with Gasteiger partial charge in [-0.25, -0.2) is 15.0 Å². The summed E-state index contributed by atoms with van der Waals surface area (Å²) < 4.78 is 10.7. The molecule has 5 rings (SSSR count). The number of nitrogens with zero attached hydrogens (tertiary/aromatic N) is 5. The van der Waals surface area contributed by atoms with Crippen LogP contribution < -0.4 is 15.0 Å². The number of methoxy groups -OCH3 is 1. The molecule has 2 fully saturated rings. The topological polar surface area (TPSA) is 110 Å². The number of hydrogen-bond donors (Lipinski definition) is 1. The van der Waals surface area contributed by atoms with Crippen LogP contribution in [0, 0.1) is 12.8 Å². The predicted octanol–water partition coefficient (Wildman–Crippen LogP) is 4.93. The van der Waals surface area contributed by atoms with Gasteiger partial charge in [-0.05, 0) is 64.6 Å². The summed E-state index contributed by atoms with van der Waals surface area (Å²) in [6.07, 6.45) is 6.91. The molecule has 10 nitrogen and oxygen atoms in total. The summed E-state index contributed by atoms with van der Waals surface area (Å²) in [5, 5.41) is 3.47. The number of hydrogen-bond acceptors (Lipinski definition) is 10.